The molecule has 2 aromatic carbocycles. The highest BCUT2D eigenvalue weighted by Crippen LogP contribution is 2.24. The fraction of sp³-hybridized carbons (Fsp3) is 0.200. The molecule has 28 heavy (non-hydrogen) atoms. The molecule has 0 atom stereocenters. The number of fused-ring (bicyclic) bond motifs is 1. The van der Waals surface area contributed by atoms with Crippen LogP contribution in [0, 0.1) is 0 Å². The molecular weight excluding hydrogens is 362 g/mol. The van der Waals surface area contributed by atoms with Gasteiger partial charge in [0.25, 0.3) is 17.7 Å². The normalized spacial score (nSPS) is 12.6. The van der Waals surface area contributed by atoms with Gasteiger partial charge < -0.3 is 15.0 Å². The van der Waals surface area contributed by atoms with Gasteiger partial charge in [-0.3, -0.25) is 19.3 Å². The van der Waals surface area contributed by atoms with Crippen molar-refractivity contribution in [3.8, 4) is 0 Å². The Balaban J connectivity index is 1.58. The quantitative estimate of drug-likeness (QED) is 0.626. The maximum absolute atomic E-state index is 12.0. The first-order valence-corrected chi connectivity index (χ1v) is 8.48. The zero-order valence-electron chi connectivity index (χ0n) is 15.7. The summed E-state index contributed by atoms with van der Waals surface area (Å²) in [7, 11) is 5.17. The van der Waals surface area contributed by atoms with Crippen LogP contribution < -0.4 is 10.2 Å². The molecule has 8 nitrogen and oxygen atoms in total. The van der Waals surface area contributed by atoms with Gasteiger partial charge in [0.2, 0.25) is 0 Å². The van der Waals surface area contributed by atoms with E-state index in [1.807, 2.05) is 19.0 Å². The van der Waals surface area contributed by atoms with Crippen molar-refractivity contribution in [3.05, 3.63) is 59.2 Å². The average Bonchev–Trinajstić information content (AvgIpc) is 2.90. The summed E-state index contributed by atoms with van der Waals surface area (Å²) < 4.78 is 5.02. The average molecular weight is 381 g/mol. The number of benzene rings is 2. The van der Waals surface area contributed by atoms with Gasteiger partial charge in [-0.15, -0.1) is 0 Å². The third kappa shape index (κ3) is 3.71. The van der Waals surface area contributed by atoms with Crippen LogP contribution >= 0.6 is 0 Å². The van der Waals surface area contributed by atoms with Crippen LogP contribution in [0.15, 0.2) is 42.5 Å². The van der Waals surface area contributed by atoms with Crippen LogP contribution in [0.4, 0.5) is 11.4 Å². The number of imide groups is 1. The van der Waals surface area contributed by atoms with E-state index in [2.05, 4.69) is 5.32 Å². The summed E-state index contributed by atoms with van der Waals surface area (Å²) in [5, 5.41) is 2.55. The minimum absolute atomic E-state index is 0.225. The molecule has 3 rings (SSSR count). The largest absolute Gasteiger partial charge is 0.452 e. The number of hydrogen-bond acceptors (Lipinski definition) is 6. The van der Waals surface area contributed by atoms with E-state index < -0.39 is 24.4 Å². The number of ether oxygens (including phenoxy) is 1. The molecule has 144 valence electrons. The number of esters is 1. The van der Waals surface area contributed by atoms with Gasteiger partial charge in [0.05, 0.1) is 16.7 Å². The van der Waals surface area contributed by atoms with Gasteiger partial charge >= 0.3 is 5.97 Å². The van der Waals surface area contributed by atoms with Crippen molar-refractivity contribution in [2.75, 3.05) is 38.0 Å². The Bertz CT molecular complexity index is 966. The van der Waals surface area contributed by atoms with Crippen LogP contribution in [0.3, 0.4) is 0 Å². The van der Waals surface area contributed by atoms with Gasteiger partial charge in [-0.25, -0.2) is 4.79 Å². The second-order valence-corrected chi connectivity index (χ2v) is 6.50. The lowest BCUT2D eigenvalue weighted by Crippen LogP contribution is -2.24. The number of nitrogens with zero attached hydrogens (tertiary/aromatic N) is 2. The van der Waals surface area contributed by atoms with Crippen molar-refractivity contribution in [2.45, 2.75) is 0 Å². The van der Waals surface area contributed by atoms with Crippen LogP contribution in [-0.4, -0.2) is 56.3 Å². The first kappa shape index (κ1) is 19.1. The number of anilines is 2. The molecule has 0 radical (unpaired) electrons. The van der Waals surface area contributed by atoms with E-state index in [0.29, 0.717) is 11.3 Å². The number of nitrogens with one attached hydrogen (secondary N) is 1. The van der Waals surface area contributed by atoms with Crippen molar-refractivity contribution in [3.63, 3.8) is 0 Å². The molecule has 0 fully saturated rings. The molecule has 1 heterocycles. The number of carbonyl (C=O) groups is 4. The first-order valence-electron chi connectivity index (χ1n) is 8.48. The molecule has 0 bridgehead atoms. The molecular formula is C20H19N3O5. The van der Waals surface area contributed by atoms with Crippen LogP contribution in [-0.2, 0) is 9.53 Å². The van der Waals surface area contributed by atoms with Crippen LogP contribution in [0.25, 0.3) is 0 Å². The maximum atomic E-state index is 12.0. The van der Waals surface area contributed by atoms with E-state index in [4.69, 9.17) is 4.74 Å². The Labute approximate surface area is 161 Å². The summed E-state index contributed by atoms with van der Waals surface area (Å²) in [5.74, 6) is -1.98. The lowest BCUT2D eigenvalue weighted by atomic mass is 10.1. The standard InChI is InChI=1S/C20H19N3O5/c1-22(2)14-7-4-12(5-8-14)20(27)28-11-17(24)21-13-6-9-15-16(10-13)19(26)23(3)18(15)25/h4-10H,11H2,1-3H3,(H,21,24). The summed E-state index contributed by atoms with van der Waals surface area (Å²) in [6.45, 7) is -0.474. The molecule has 1 N–H and O–H groups in total. The summed E-state index contributed by atoms with van der Waals surface area (Å²) in [5.41, 5.74) is 2.13. The first-order chi connectivity index (χ1) is 13.3. The predicted octanol–water partition coefficient (Wildman–Crippen LogP) is 1.77. The lowest BCUT2D eigenvalue weighted by Gasteiger charge is -2.12. The molecule has 2 aromatic rings. The number of amides is 3. The van der Waals surface area contributed by atoms with E-state index in [0.717, 1.165) is 10.6 Å². The van der Waals surface area contributed by atoms with E-state index in [1.54, 1.807) is 24.3 Å². The SMILES string of the molecule is CN1C(=O)c2ccc(NC(=O)COC(=O)c3ccc(N(C)C)cc3)cc2C1=O. The van der Waals surface area contributed by atoms with E-state index >= 15 is 0 Å². The fourth-order valence-electron chi connectivity index (χ4n) is 2.75. The Morgan fingerprint density at radius 1 is 1.00 bits per heavy atom. The number of hydrogen-bond donors (Lipinski definition) is 1. The van der Waals surface area contributed by atoms with Crippen molar-refractivity contribution in [2.24, 2.45) is 0 Å². The topological polar surface area (TPSA) is 96.0 Å². The zero-order valence-corrected chi connectivity index (χ0v) is 15.7. The third-order valence-electron chi connectivity index (χ3n) is 4.33. The second kappa shape index (κ2) is 7.51. The number of carbonyl (C=O) groups excluding carboxylic acids is 4. The highest BCUT2D eigenvalue weighted by Gasteiger charge is 2.32. The predicted molar refractivity (Wildman–Crippen MR) is 103 cm³/mol. The van der Waals surface area contributed by atoms with Crippen molar-refractivity contribution in [1.29, 1.82) is 0 Å². The van der Waals surface area contributed by atoms with Crippen LogP contribution in [0.1, 0.15) is 31.1 Å². The van der Waals surface area contributed by atoms with Gasteiger partial charge in [0.15, 0.2) is 6.61 Å². The van der Waals surface area contributed by atoms with Gasteiger partial charge in [-0.1, -0.05) is 0 Å². The maximum Gasteiger partial charge on any atom is 0.338 e. The minimum Gasteiger partial charge on any atom is -0.452 e. The van der Waals surface area contributed by atoms with Crippen LogP contribution in [0.2, 0.25) is 0 Å². The second-order valence-electron chi connectivity index (χ2n) is 6.50. The molecule has 0 spiro atoms. The highest BCUT2D eigenvalue weighted by atomic mass is 16.5. The monoisotopic (exact) mass is 381 g/mol. The molecule has 3 amide bonds. The fourth-order valence-corrected chi connectivity index (χ4v) is 2.75. The molecule has 1 aliphatic rings. The van der Waals surface area contributed by atoms with Gasteiger partial charge in [0, 0.05) is 32.5 Å². The summed E-state index contributed by atoms with van der Waals surface area (Å²) in [6, 6.07) is 11.2. The minimum atomic E-state index is -0.614. The molecule has 0 saturated carbocycles. The Morgan fingerprint density at radius 2 is 1.64 bits per heavy atom. The molecule has 0 unspecified atom stereocenters. The molecule has 1 aliphatic heterocycles. The van der Waals surface area contributed by atoms with E-state index in [9.17, 15) is 19.2 Å². The molecule has 0 aromatic heterocycles. The lowest BCUT2D eigenvalue weighted by molar-refractivity contribution is -0.119. The van der Waals surface area contributed by atoms with E-state index in [-0.39, 0.29) is 17.0 Å². The Morgan fingerprint density at radius 3 is 2.29 bits per heavy atom. The number of rotatable bonds is 5. The smallest absolute Gasteiger partial charge is 0.338 e. The molecule has 8 heteroatoms. The van der Waals surface area contributed by atoms with Crippen molar-refractivity contribution < 1.29 is 23.9 Å². The summed E-state index contributed by atoms with van der Waals surface area (Å²) >= 11 is 0. The summed E-state index contributed by atoms with van der Waals surface area (Å²) in [4.78, 5) is 50.9. The highest BCUT2D eigenvalue weighted by molar-refractivity contribution is 6.21. The zero-order chi connectivity index (χ0) is 20.4. The Hall–Kier alpha value is -3.68. The van der Waals surface area contributed by atoms with Crippen LogP contribution in [0.5, 0.6) is 0 Å². The van der Waals surface area contributed by atoms with E-state index in [1.165, 1.54) is 25.2 Å². The molecule has 0 aliphatic carbocycles. The summed E-state index contributed by atoms with van der Waals surface area (Å²) in [6.07, 6.45) is 0. The Kier molecular flexibility index (Phi) is 5.12. The van der Waals surface area contributed by atoms with Crippen molar-refractivity contribution in [1.82, 2.24) is 4.90 Å². The van der Waals surface area contributed by atoms with Gasteiger partial charge in [-0.2, -0.15) is 0 Å². The van der Waals surface area contributed by atoms with Crippen molar-refractivity contribution >= 4 is 35.1 Å². The third-order valence-corrected chi connectivity index (χ3v) is 4.33. The van der Waals surface area contributed by atoms with Gasteiger partial charge in [-0.05, 0) is 42.5 Å². The van der Waals surface area contributed by atoms with Gasteiger partial charge in [0.1, 0.15) is 0 Å². The molecule has 0 saturated heterocycles.